The van der Waals surface area contributed by atoms with Gasteiger partial charge < -0.3 is 9.88 Å². The number of aryl methyl sites for hydroxylation is 2. The van der Waals surface area contributed by atoms with E-state index in [9.17, 15) is 0 Å². The molecule has 1 fully saturated rings. The van der Waals surface area contributed by atoms with Gasteiger partial charge in [-0.1, -0.05) is 18.6 Å². The molecule has 1 aliphatic heterocycles. The van der Waals surface area contributed by atoms with E-state index in [4.69, 9.17) is 4.98 Å². The molecule has 1 aliphatic rings. The van der Waals surface area contributed by atoms with Crippen molar-refractivity contribution in [1.82, 2.24) is 14.9 Å². The van der Waals surface area contributed by atoms with Crippen LogP contribution in [0.4, 0.5) is 0 Å². The van der Waals surface area contributed by atoms with Gasteiger partial charge in [-0.15, -0.1) is 0 Å². The highest BCUT2D eigenvalue weighted by Gasteiger charge is 2.16. The molecule has 3 rings (SSSR count). The van der Waals surface area contributed by atoms with Crippen LogP contribution in [-0.2, 0) is 13.5 Å². The number of rotatable bonds is 2. The monoisotopic (exact) mass is 243 g/mol. The van der Waals surface area contributed by atoms with Gasteiger partial charge in [0.2, 0.25) is 0 Å². The van der Waals surface area contributed by atoms with Crippen molar-refractivity contribution in [2.24, 2.45) is 7.05 Å². The molecule has 1 unspecified atom stereocenters. The van der Waals surface area contributed by atoms with Crippen molar-refractivity contribution < 1.29 is 0 Å². The fourth-order valence-corrected chi connectivity index (χ4v) is 2.92. The Balaban J connectivity index is 1.93. The number of para-hydroxylation sites is 1. The number of piperidine rings is 1. The quantitative estimate of drug-likeness (QED) is 0.878. The molecule has 0 spiro atoms. The second-order valence-corrected chi connectivity index (χ2v) is 5.35. The fourth-order valence-electron chi connectivity index (χ4n) is 2.92. The number of imidazole rings is 1. The lowest BCUT2D eigenvalue weighted by Crippen LogP contribution is -2.35. The molecule has 1 atom stereocenters. The van der Waals surface area contributed by atoms with Crippen LogP contribution in [0.25, 0.3) is 11.0 Å². The van der Waals surface area contributed by atoms with Crippen LogP contribution in [0.15, 0.2) is 18.2 Å². The van der Waals surface area contributed by atoms with Gasteiger partial charge in [0, 0.05) is 13.1 Å². The molecule has 1 aromatic carbocycles. The summed E-state index contributed by atoms with van der Waals surface area (Å²) < 4.78 is 2.17. The van der Waals surface area contributed by atoms with Gasteiger partial charge in [-0.2, -0.15) is 0 Å². The van der Waals surface area contributed by atoms with E-state index >= 15 is 0 Å². The molecule has 0 saturated carbocycles. The van der Waals surface area contributed by atoms with E-state index in [0.717, 1.165) is 12.2 Å². The van der Waals surface area contributed by atoms with Crippen molar-refractivity contribution in [3.63, 3.8) is 0 Å². The van der Waals surface area contributed by atoms with Crippen LogP contribution < -0.4 is 5.32 Å². The largest absolute Gasteiger partial charge is 0.331 e. The van der Waals surface area contributed by atoms with Crippen molar-refractivity contribution in [2.45, 2.75) is 38.6 Å². The van der Waals surface area contributed by atoms with Gasteiger partial charge in [-0.3, -0.25) is 0 Å². The Kier molecular flexibility index (Phi) is 3.08. The van der Waals surface area contributed by atoms with Gasteiger partial charge in [-0.25, -0.2) is 4.98 Å². The minimum absolute atomic E-state index is 0.631. The van der Waals surface area contributed by atoms with Crippen LogP contribution in [0, 0.1) is 6.92 Å². The van der Waals surface area contributed by atoms with Gasteiger partial charge in [0.1, 0.15) is 5.82 Å². The van der Waals surface area contributed by atoms with E-state index in [2.05, 4.69) is 42.1 Å². The molecule has 0 aliphatic carbocycles. The van der Waals surface area contributed by atoms with Crippen LogP contribution in [0.3, 0.4) is 0 Å². The third kappa shape index (κ3) is 2.03. The Morgan fingerprint density at radius 1 is 1.39 bits per heavy atom. The highest BCUT2D eigenvalue weighted by atomic mass is 15.0. The van der Waals surface area contributed by atoms with E-state index in [1.165, 1.54) is 42.4 Å². The Morgan fingerprint density at radius 2 is 2.28 bits per heavy atom. The molecular weight excluding hydrogens is 222 g/mol. The molecule has 0 bridgehead atoms. The lowest BCUT2D eigenvalue weighted by molar-refractivity contribution is 0.400. The molecule has 3 nitrogen and oxygen atoms in total. The van der Waals surface area contributed by atoms with Crippen LogP contribution in [0.2, 0.25) is 0 Å². The van der Waals surface area contributed by atoms with Crippen LogP contribution in [0.1, 0.15) is 30.7 Å². The number of hydrogen-bond acceptors (Lipinski definition) is 2. The summed E-state index contributed by atoms with van der Waals surface area (Å²) in [6.07, 6.45) is 5.08. The smallest absolute Gasteiger partial charge is 0.106 e. The predicted octanol–water partition coefficient (Wildman–Crippen LogP) is 2.57. The first-order valence-corrected chi connectivity index (χ1v) is 6.90. The zero-order valence-electron chi connectivity index (χ0n) is 11.2. The van der Waals surface area contributed by atoms with E-state index in [1.807, 2.05) is 0 Å². The zero-order chi connectivity index (χ0) is 12.5. The summed E-state index contributed by atoms with van der Waals surface area (Å²) in [5.41, 5.74) is 3.82. The minimum Gasteiger partial charge on any atom is -0.331 e. The van der Waals surface area contributed by atoms with Gasteiger partial charge >= 0.3 is 0 Å². The Bertz CT molecular complexity index is 550. The van der Waals surface area contributed by atoms with Crippen LogP contribution in [0.5, 0.6) is 0 Å². The maximum Gasteiger partial charge on any atom is 0.106 e. The topological polar surface area (TPSA) is 29.9 Å². The summed E-state index contributed by atoms with van der Waals surface area (Å²) in [5, 5.41) is 3.62. The van der Waals surface area contributed by atoms with E-state index in [0.29, 0.717) is 6.04 Å². The molecule has 96 valence electrons. The van der Waals surface area contributed by atoms with Crippen molar-refractivity contribution in [2.75, 3.05) is 6.54 Å². The summed E-state index contributed by atoms with van der Waals surface area (Å²) in [4.78, 5) is 4.71. The molecule has 18 heavy (non-hydrogen) atoms. The van der Waals surface area contributed by atoms with Crippen molar-refractivity contribution >= 4 is 11.0 Å². The number of nitrogens with one attached hydrogen (secondary N) is 1. The Hall–Kier alpha value is -1.35. The van der Waals surface area contributed by atoms with Gasteiger partial charge in [0.05, 0.1) is 11.0 Å². The van der Waals surface area contributed by atoms with Crippen LogP contribution in [-0.4, -0.2) is 22.1 Å². The lowest BCUT2D eigenvalue weighted by Gasteiger charge is -2.23. The summed E-state index contributed by atoms with van der Waals surface area (Å²) in [6, 6.07) is 7.17. The Labute approximate surface area is 108 Å². The summed E-state index contributed by atoms with van der Waals surface area (Å²) in [7, 11) is 2.09. The molecule has 3 heteroatoms. The molecule has 2 heterocycles. The van der Waals surface area contributed by atoms with Crippen molar-refractivity contribution in [3.8, 4) is 0 Å². The SMILES string of the molecule is Cc1nc2c(CC3CCCCN3)cccc2n1C. The third-order valence-corrected chi connectivity index (χ3v) is 4.10. The second-order valence-electron chi connectivity index (χ2n) is 5.35. The van der Waals surface area contributed by atoms with E-state index in [-0.39, 0.29) is 0 Å². The summed E-state index contributed by atoms with van der Waals surface area (Å²) in [6.45, 7) is 3.24. The van der Waals surface area contributed by atoms with Gasteiger partial charge in [0.15, 0.2) is 0 Å². The third-order valence-electron chi connectivity index (χ3n) is 4.10. The average Bonchev–Trinajstić information content (AvgIpc) is 2.69. The molecule has 0 amide bonds. The highest BCUT2D eigenvalue weighted by Crippen LogP contribution is 2.21. The zero-order valence-corrected chi connectivity index (χ0v) is 11.2. The van der Waals surface area contributed by atoms with Gasteiger partial charge in [-0.05, 0) is 44.4 Å². The van der Waals surface area contributed by atoms with E-state index in [1.54, 1.807) is 0 Å². The summed E-state index contributed by atoms with van der Waals surface area (Å²) >= 11 is 0. The molecule has 1 saturated heterocycles. The first-order valence-electron chi connectivity index (χ1n) is 6.90. The second kappa shape index (κ2) is 4.73. The van der Waals surface area contributed by atoms with E-state index < -0.39 is 0 Å². The standard InChI is InChI=1S/C15H21N3/c1-11-17-15-12(6-5-8-14(15)18(11)2)10-13-7-3-4-9-16-13/h5-6,8,13,16H,3-4,7,9-10H2,1-2H3. The predicted molar refractivity (Wildman–Crippen MR) is 74.8 cm³/mol. The van der Waals surface area contributed by atoms with Crippen molar-refractivity contribution in [1.29, 1.82) is 0 Å². The van der Waals surface area contributed by atoms with Crippen molar-refractivity contribution in [3.05, 3.63) is 29.6 Å². The summed E-state index contributed by atoms with van der Waals surface area (Å²) in [5.74, 6) is 1.09. The number of aromatic nitrogens is 2. The van der Waals surface area contributed by atoms with Gasteiger partial charge in [0.25, 0.3) is 0 Å². The maximum atomic E-state index is 4.71. The number of hydrogen-bond donors (Lipinski definition) is 1. The molecular formula is C15H21N3. The van der Waals surface area contributed by atoms with Crippen LogP contribution >= 0.6 is 0 Å². The number of nitrogens with zero attached hydrogens (tertiary/aromatic N) is 2. The Morgan fingerprint density at radius 3 is 3.06 bits per heavy atom. The molecule has 1 aromatic heterocycles. The molecule has 0 radical (unpaired) electrons. The first kappa shape index (κ1) is 11.7. The first-order chi connectivity index (χ1) is 8.75. The highest BCUT2D eigenvalue weighted by molar-refractivity contribution is 5.79. The number of benzene rings is 1. The lowest BCUT2D eigenvalue weighted by atomic mass is 9.97. The molecule has 1 N–H and O–H groups in total. The number of fused-ring (bicyclic) bond motifs is 1. The minimum atomic E-state index is 0.631. The normalized spacial score (nSPS) is 20.4. The fraction of sp³-hybridized carbons (Fsp3) is 0.533. The molecule has 2 aromatic rings. The maximum absolute atomic E-state index is 4.71. The average molecular weight is 243 g/mol.